The summed E-state index contributed by atoms with van der Waals surface area (Å²) < 4.78 is 6.33. The Hall–Kier alpha value is -10.8. The Labute approximate surface area is 609 Å². The van der Waals surface area contributed by atoms with E-state index < -0.39 is 164 Å². The molecule has 12 amide bonds. The van der Waals surface area contributed by atoms with E-state index in [0.717, 1.165) is 4.68 Å². The monoisotopic (exact) mass is 1480 g/mol. The molecule has 1 fully saturated rings. The summed E-state index contributed by atoms with van der Waals surface area (Å²) in [5.41, 5.74) is 25.7. The molecule has 0 saturated carbocycles. The number of hydrogen-bond donors (Lipinski definition) is 17. The number of aliphatic hydroxyl groups excluding tert-OH is 2. The number of fused-ring (bicyclic) bond motifs is 1. The van der Waals surface area contributed by atoms with Gasteiger partial charge in [0.05, 0.1) is 47.8 Å². The third kappa shape index (κ3) is 25.6. The summed E-state index contributed by atoms with van der Waals surface area (Å²) in [6, 6.07) is 12.5. The number of carbonyl (C=O) groups is 13. The van der Waals surface area contributed by atoms with E-state index in [-0.39, 0.29) is 77.3 Å². The first-order valence-electron chi connectivity index (χ1n) is 34.0. The lowest BCUT2D eigenvalue weighted by Crippen LogP contribution is -2.61. The number of pyridine rings is 1. The second-order valence-electron chi connectivity index (χ2n) is 24.3. The Morgan fingerprint density at radius 3 is 1.97 bits per heavy atom. The Morgan fingerprint density at radius 2 is 1.34 bits per heavy atom. The van der Waals surface area contributed by atoms with Crippen LogP contribution in [0.2, 0.25) is 0 Å². The second-order valence-corrected chi connectivity index (χ2v) is 25.5. The molecular formula is C69H93N19O16S. The molecule has 0 radical (unpaired) electrons. The van der Waals surface area contributed by atoms with Crippen molar-refractivity contribution in [1.82, 2.24) is 78.1 Å². The van der Waals surface area contributed by atoms with E-state index in [1.54, 1.807) is 109 Å². The number of rotatable bonds is 28. The van der Waals surface area contributed by atoms with Crippen LogP contribution in [0.1, 0.15) is 86.6 Å². The summed E-state index contributed by atoms with van der Waals surface area (Å²) in [5, 5.41) is 54.6. The van der Waals surface area contributed by atoms with Crippen LogP contribution in [0.3, 0.4) is 0 Å². The molecular weight excluding hydrogens is 1380 g/mol. The van der Waals surface area contributed by atoms with E-state index in [4.69, 9.17) is 32.8 Å². The SMILES string of the molecule is CNC(=O)c1ccccc1Sc1ccc2c(/C=C/c3ccccn3)nn(C(=O)N(CCOC(C)=O)CCC(=O)N[C@H](C(=O)N[C@@H](CCN)C(=O)N[C@H]3CCNC(=O)[C@@H]([C@@H](C)O)NC(=O)[C@H](CCN)NC(=O)[C@H](CCN)NC(=O)CNC(=O)[C@@H](Cc4ccccc4)NC(=O)[C@H](CCN)NC3=O)[C@@H](C)O)c2c1. The molecule has 1 aliphatic heterocycles. The van der Waals surface area contributed by atoms with E-state index in [1.807, 2.05) is 0 Å². The van der Waals surface area contributed by atoms with Crippen molar-refractivity contribution in [3.05, 3.63) is 120 Å². The quantitative estimate of drug-likeness (QED) is 0.0214. The van der Waals surface area contributed by atoms with Crippen molar-refractivity contribution >= 4 is 112 Å². The molecule has 566 valence electrons. The number of nitrogens with one attached hydrogen (secondary N) is 11. The van der Waals surface area contributed by atoms with Crippen molar-refractivity contribution in [2.45, 2.75) is 136 Å². The summed E-state index contributed by atoms with van der Waals surface area (Å²) in [6.07, 6.45) is -0.448. The first-order valence-corrected chi connectivity index (χ1v) is 34.8. The number of amides is 12. The van der Waals surface area contributed by atoms with Gasteiger partial charge in [-0.2, -0.15) is 9.78 Å². The van der Waals surface area contributed by atoms with Crippen LogP contribution in [0.4, 0.5) is 4.79 Å². The third-order valence-corrected chi connectivity index (χ3v) is 17.4. The maximum absolute atomic E-state index is 14.9. The molecule has 6 rings (SSSR count). The standard InChI is InChI=1S/C69H93N19O16S/c1-39(89)58-67(101)76-32-25-52(65(99)79-49(22-28-71)64(98)83-53(36-42-12-6-5-7-13-42)61(95)77-38-57(93)78-48(21-27-70)62(96)80-51(24-30-73)66(100)85-58)81-63(97)50(23-29-72)82-68(102)59(40(2)90)84-56(92)26-33-87(34-35-104-41(3)91)69(103)88-54-37-44(105-55-16-9-8-15-46(55)60(94)74-4)18-19-45(54)47(86-88)20-17-43-14-10-11-31-75-43/h5-20,31,37,39-40,48-53,58-59,89-90H,21-30,32-36,38,70-73H2,1-4H3,(H,74,94)(H,76,101)(H,77,95)(H,78,93)(H,79,99)(H,80,96)(H,81,97)(H,82,102)(H,83,98)(H,84,92)(H,85,100)/b20-17+/t39-,40-,48+,49+,50+,51+,52+,53-,58-,59+/m1/s1. The van der Waals surface area contributed by atoms with Gasteiger partial charge in [-0.25, -0.2) is 4.79 Å². The third-order valence-electron chi connectivity index (χ3n) is 16.3. The Balaban J connectivity index is 1.26. The summed E-state index contributed by atoms with van der Waals surface area (Å²) in [5.74, 6) is -10.8. The molecule has 35 nitrogen and oxygen atoms in total. The van der Waals surface area contributed by atoms with Crippen LogP contribution in [0.15, 0.2) is 107 Å². The average molecular weight is 1480 g/mol. The Kier molecular flexibility index (Phi) is 33.4. The first-order chi connectivity index (χ1) is 50.3. The van der Waals surface area contributed by atoms with Crippen molar-refractivity contribution < 1.29 is 77.3 Å². The molecule has 21 N–H and O–H groups in total. The molecule has 0 aliphatic carbocycles. The molecule has 0 spiro atoms. The van der Waals surface area contributed by atoms with Crippen molar-refractivity contribution in [3.63, 3.8) is 0 Å². The van der Waals surface area contributed by atoms with E-state index in [1.165, 1.54) is 44.5 Å². The maximum Gasteiger partial charge on any atom is 0.345 e. The Bertz CT molecular complexity index is 3880. The minimum atomic E-state index is -1.80. The van der Waals surface area contributed by atoms with Crippen LogP contribution in [-0.2, 0) is 63.9 Å². The van der Waals surface area contributed by atoms with E-state index in [2.05, 4.69) is 63.5 Å². The zero-order chi connectivity index (χ0) is 76.7. The summed E-state index contributed by atoms with van der Waals surface area (Å²) in [4.78, 5) is 187. The van der Waals surface area contributed by atoms with Gasteiger partial charge in [-0.3, -0.25) is 62.5 Å². The molecule has 3 aromatic carbocycles. The van der Waals surface area contributed by atoms with Gasteiger partial charge in [-0.05, 0) is 132 Å². The number of esters is 1. The lowest BCUT2D eigenvalue weighted by molar-refractivity contribution is -0.141. The molecule has 5 aromatic rings. The van der Waals surface area contributed by atoms with Crippen LogP contribution >= 0.6 is 11.8 Å². The van der Waals surface area contributed by atoms with Crippen LogP contribution in [0.25, 0.3) is 23.1 Å². The average Bonchev–Trinajstić information content (AvgIpc) is 1.63. The smallest absolute Gasteiger partial charge is 0.345 e. The van der Waals surface area contributed by atoms with Gasteiger partial charge in [-0.15, -0.1) is 0 Å². The van der Waals surface area contributed by atoms with Gasteiger partial charge in [0.2, 0.25) is 59.1 Å². The van der Waals surface area contributed by atoms with Gasteiger partial charge < -0.3 is 101 Å². The molecule has 36 heteroatoms. The lowest BCUT2D eigenvalue weighted by atomic mass is 10.0. The molecule has 1 saturated heterocycles. The van der Waals surface area contributed by atoms with Crippen LogP contribution in [-0.4, -0.2) is 233 Å². The number of nitrogens with two attached hydrogens (primary N) is 4. The molecule has 3 heterocycles. The molecule has 105 heavy (non-hydrogen) atoms. The minimum absolute atomic E-state index is 0.124. The topological polar surface area (TPSA) is 542 Å². The highest BCUT2D eigenvalue weighted by molar-refractivity contribution is 7.99. The highest BCUT2D eigenvalue weighted by Gasteiger charge is 2.37. The van der Waals surface area contributed by atoms with Crippen molar-refractivity contribution in [1.29, 1.82) is 0 Å². The normalized spacial score (nSPS) is 19.3. The summed E-state index contributed by atoms with van der Waals surface area (Å²) in [7, 11) is 1.51. The number of aromatic nitrogens is 3. The highest BCUT2D eigenvalue weighted by atomic mass is 32.2. The van der Waals surface area contributed by atoms with E-state index in [0.29, 0.717) is 43.2 Å². The first kappa shape index (κ1) is 83.2. The molecule has 10 atom stereocenters. The fourth-order valence-electron chi connectivity index (χ4n) is 10.8. The zero-order valence-electron chi connectivity index (χ0n) is 58.6. The van der Waals surface area contributed by atoms with E-state index >= 15 is 0 Å². The highest BCUT2D eigenvalue weighted by Crippen LogP contribution is 2.34. The van der Waals surface area contributed by atoms with Gasteiger partial charge in [-0.1, -0.05) is 60.3 Å². The van der Waals surface area contributed by atoms with Crippen LogP contribution < -0.4 is 81.4 Å². The van der Waals surface area contributed by atoms with E-state index in [9.17, 15) is 72.5 Å². The number of benzene rings is 3. The minimum Gasteiger partial charge on any atom is -0.464 e. The number of hydrogen-bond acceptors (Lipinski definition) is 23. The van der Waals surface area contributed by atoms with Crippen molar-refractivity contribution in [3.8, 4) is 0 Å². The molecule has 0 unspecified atom stereocenters. The number of aliphatic hydroxyl groups is 2. The maximum atomic E-state index is 14.9. The fraction of sp³-hybridized carbons (Fsp3) is 0.435. The fourth-order valence-corrected chi connectivity index (χ4v) is 11.8. The van der Waals surface area contributed by atoms with Gasteiger partial charge in [0.15, 0.2) is 0 Å². The van der Waals surface area contributed by atoms with Crippen LogP contribution in [0.5, 0.6) is 0 Å². The molecule has 0 bridgehead atoms. The lowest BCUT2D eigenvalue weighted by Gasteiger charge is -2.28. The van der Waals surface area contributed by atoms with Gasteiger partial charge in [0, 0.05) is 61.3 Å². The van der Waals surface area contributed by atoms with Crippen LogP contribution in [0, 0.1) is 0 Å². The number of carbonyl (C=O) groups excluding carboxylic acids is 13. The number of ether oxygens (including phenoxy) is 1. The second kappa shape index (κ2) is 42.1. The Morgan fingerprint density at radius 1 is 0.705 bits per heavy atom. The van der Waals surface area contributed by atoms with Crippen molar-refractivity contribution in [2.75, 3.05) is 66.0 Å². The summed E-state index contributed by atoms with van der Waals surface area (Å²) >= 11 is 1.26. The number of nitrogens with zero attached hydrogens (tertiary/aromatic N) is 4. The zero-order valence-corrected chi connectivity index (χ0v) is 59.4. The largest absolute Gasteiger partial charge is 0.464 e. The van der Waals surface area contributed by atoms with Crippen molar-refractivity contribution in [2.24, 2.45) is 22.9 Å². The van der Waals surface area contributed by atoms with Gasteiger partial charge >= 0.3 is 12.0 Å². The van der Waals surface area contributed by atoms with Gasteiger partial charge in [0.1, 0.15) is 54.9 Å². The molecule has 1 aliphatic rings. The predicted molar refractivity (Wildman–Crippen MR) is 385 cm³/mol. The molecule has 2 aromatic heterocycles. The van der Waals surface area contributed by atoms with Gasteiger partial charge in [0.25, 0.3) is 5.91 Å². The predicted octanol–water partition coefficient (Wildman–Crippen LogP) is -3.75. The summed E-state index contributed by atoms with van der Waals surface area (Å²) in [6.45, 7) is 0.470.